The number of hydrogen-bond acceptors (Lipinski definition) is 4. The summed E-state index contributed by atoms with van der Waals surface area (Å²) in [6, 6.07) is 22.4. The van der Waals surface area contributed by atoms with Crippen LogP contribution < -0.4 is 9.62 Å². The minimum atomic E-state index is -3.71. The number of anilines is 2. The van der Waals surface area contributed by atoms with Crippen molar-refractivity contribution in [3.05, 3.63) is 84.4 Å². The molecule has 0 saturated carbocycles. The van der Waals surface area contributed by atoms with Gasteiger partial charge in [-0.15, -0.1) is 11.8 Å². The van der Waals surface area contributed by atoms with E-state index in [1.54, 1.807) is 66.4 Å². The predicted molar refractivity (Wildman–Crippen MR) is 119 cm³/mol. The van der Waals surface area contributed by atoms with Gasteiger partial charge in [0, 0.05) is 17.5 Å². The molecule has 1 amide bonds. The lowest BCUT2D eigenvalue weighted by molar-refractivity contribution is 0.102. The van der Waals surface area contributed by atoms with Crippen LogP contribution in [-0.2, 0) is 10.0 Å². The van der Waals surface area contributed by atoms with Gasteiger partial charge in [0.1, 0.15) is 0 Å². The molecule has 0 heterocycles. The summed E-state index contributed by atoms with van der Waals surface area (Å²) in [7, 11) is -2.23. The number of para-hydroxylation sites is 1. The number of nitrogens with one attached hydrogen (secondary N) is 1. The average molecular weight is 427 g/mol. The van der Waals surface area contributed by atoms with Gasteiger partial charge >= 0.3 is 0 Å². The van der Waals surface area contributed by atoms with Crippen molar-refractivity contribution in [3.8, 4) is 0 Å². The van der Waals surface area contributed by atoms with Crippen LogP contribution in [0.5, 0.6) is 0 Å². The second-order valence-corrected chi connectivity index (χ2v) is 9.49. The van der Waals surface area contributed by atoms with E-state index in [1.807, 2.05) is 24.3 Å². The molecule has 0 aliphatic carbocycles. The monoisotopic (exact) mass is 426 g/mol. The Kier molecular flexibility index (Phi) is 6.61. The fourth-order valence-corrected chi connectivity index (χ4v) is 4.75. The van der Waals surface area contributed by atoms with E-state index in [0.29, 0.717) is 11.3 Å². The Labute approximate surface area is 175 Å². The van der Waals surface area contributed by atoms with E-state index in [4.69, 9.17) is 0 Å². The third kappa shape index (κ3) is 4.81. The highest BCUT2D eigenvalue weighted by atomic mass is 32.2. The zero-order valence-electron chi connectivity index (χ0n) is 16.2. The zero-order valence-corrected chi connectivity index (χ0v) is 17.8. The van der Waals surface area contributed by atoms with Gasteiger partial charge in [-0.25, -0.2) is 8.42 Å². The first kappa shape index (κ1) is 21.0. The van der Waals surface area contributed by atoms with E-state index in [1.165, 1.54) is 11.4 Å². The van der Waals surface area contributed by atoms with Gasteiger partial charge < -0.3 is 5.32 Å². The molecule has 0 atom stereocenters. The highest BCUT2D eigenvalue weighted by Crippen LogP contribution is 2.28. The number of rotatable bonds is 7. The molecule has 0 fully saturated rings. The van der Waals surface area contributed by atoms with Gasteiger partial charge in [-0.2, -0.15) is 0 Å². The molecule has 7 heteroatoms. The van der Waals surface area contributed by atoms with Crippen molar-refractivity contribution in [2.45, 2.75) is 16.7 Å². The van der Waals surface area contributed by atoms with Crippen molar-refractivity contribution in [2.24, 2.45) is 0 Å². The molecule has 0 aliphatic heterocycles. The molecule has 150 valence electrons. The second-order valence-electron chi connectivity index (χ2n) is 6.22. The van der Waals surface area contributed by atoms with Crippen molar-refractivity contribution in [1.82, 2.24) is 0 Å². The first-order valence-electron chi connectivity index (χ1n) is 9.10. The molecule has 3 aromatic carbocycles. The number of carbonyl (C=O) groups is 1. The Morgan fingerprint density at radius 2 is 1.66 bits per heavy atom. The standard InChI is InChI=1S/C22H22N2O3S2/c1-3-28-21-15-8-7-14-20(21)23-22(25)17-10-9-11-18(16-17)24(2)29(26,27)19-12-5-4-6-13-19/h4-16H,3H2,1-2H3,(H,23,25). The van der Waals surface area contributed by atoms with Crippen molar-refractivity contribution >= 4 is 39.1 Å². The summed E-state index contributed by atoms with van der Waals surface area (Å²) >= 11 is 1.65. The summed E-state index contributed by atoms with van der Waals surface area (Å²) in [4.78, 5) is 14.0. The molecule has 5 nitrogen and oxygen atoms in total. The minimum absolute atomic E-state index is 0.197. The molecule has 0 saturated heterocycles. The number of nitrogens with zero attached hydrogens (tertiary/aromatic N) is 1. The minimum Gasteiger partial charge on any atom is -0.321 e. The van der Waals surface area contributed by atoms with Crippen LogP contribution in [0, 0.1) is 0 Å². The molecule has 1 N–H and O–H groups in total. The quantitative estimate of drug-likeness (QED) is 0.547. The normalized spacial score (nSPS) is 11.1. The number of amides is 1. The Morgan fingerprint density at radius 3 is 2.38 bits per heavy atom. The van der Waals surface area contributed by atoms with Crippen LogP contribution >= 0.6 is 11.8 Å². The second kappa shape index (κ2) is 9.15. The SMILES string of the molecule is CCSc1ccccc1NC(=O)c1cccc(N(C)S(=O)(=O)c2ccccc2)c1. The Morgan fingerprint density at radius 1 is 0.966 bits per heavy atom. The van der Waals surface area contributed by atoms with Gasteiger partial charge in [0.15, 0.2) is 0 Å². The lowest BCUT2D eigenvalue weighted by Gasteiger charge is -2.20. The largest absolute Gasteiger partial charge is 0.321 e. The van der Waals surface area contributed by atoms with Crippen LogP contribution in [0.15, 0.2) is 88.7 Å². The van der Waals surface area contributed by atoms with Crippen LogP contribution in [0.4, 0.5) is 11.4 Å². The maximum absolute atomic E-state index is 12.8. The maximum Gasteiger partial charge on any atom is 0.264 e. The molecular weight excluding hydrogens is 404 g/mol. The van der Waals surface area contributed by atoms with E-state index in [2.05, 4.69) is 12.2 Å². The van der Waals surface area contributed by atoms with Crippen LogP contribution in [-0.4, -0.2) is 27.1 Å². The summed E-state index contributed by atoms with van der Waals surface area (Å²) in [5.74, 6) is 0.603. The van der Waals surface area contributed by atoms with Gasteiger partial charge in [-0.05, 0) is 48.2 Å². The molecular formula is C22H22N2O3S2. The number of benzene rings is 3. The third-order valence-electron chi connectivity index (χ3n) is 4.31. The number of carbonyl (C=O) groups excluding carboxylic acids is 1. The van der Waals surface area contributed by atoms with Crippen LogP contribution in [0.2, 0.25) is 0 Å². The van der Waals surface area contributed by atoms with Crippen LogP contribution in [0.1, 0.15) is 17.3 Å². The Hall–Kier alpha value is -2.77. The summed E-state index contributed by atoms with van der Waals surface area (Å²) in [5, 5.41) is 2.92. The highest BCUT2D eigenvalue weighted by molar-refractivity contribution is 7.99. The van der Waals surface area contributed by atoms with E-state index in [0.717, 1.165) is 16.3 Å². The Bertz CT molecular complexity index is 1100. The number of thioether (sulfide) groups is 1. The lowest BCUT2D eigenvalue weighted by atomic mass is 10.2. The summed E-state index contributed by atoms with van der Waals surface area (Å²) in [6.07, 6.45) is 0. The fraction of sp³-hybridized carbons (Fsp3) is 0.136. The molecule has 29 heavy (non-hydrogen) atoms. The molecule has 0 bridgehead atoms. The topological polar surface area (TPSA) is 66.5 Å². The average Bonchev–Trinajstić information content (AvgIpc) is 2.75. The van der Waals surface area contributed by atoms with E-state index in [-0.39, 0.29) is 10.8 Å². The third-order valence-corrected chi connectivity index (χ3v) is 7.06. The fourth-order valence-electron chi connectivity index (χ4n) is 2.78. The molecule has 0 spiro atoms. The highest BCUT2D eigenvalue weighted by Gasteiger charge is 2.21. The molecule has 0 radical (unpaired) electrons. The van der Waals surface area contributed by atoms with Crippen LogP contribution in [0.3, 0.4) is 0 Å². The zero-order chi connectivity index (χ0) is 20.9. The molecule has 3 rings (SSSR count). The van der Waals surface area contributed by atoms with Gasteiger partial charge in [0.25, 0.3) is 15.9 Å². The van der Waals surface area contributed by atoms with Gasteiger partial charge in [0.2, 0.25) is 0 Å². The number of sulfonamides is 1. The Balaban J connectivity index is 1.85. The van der Waals surface area contributed by atoms with Gasteiger partial charge in [0.05, 0.1) is 16.3 Å². The van der Waals surface area contributed by atoms with E-state index >= 15 is 0 Å². The number of hydrogen-bond donors (Lipinski definition) is 1. The van der Waals surface area contributed by atoms with Crippen molar-refractivity contribution < 1.29 is 13.2 Å². The van der Waals surface area contributed by atoms with Crippen molar-refractivity contribution in [2.75, 3.05) is 22.4 Å². The van der Waals surface area contributed by atoms with Gasteiger partial charge in [-0.1, -0.05) is 43.3 Å². The molecule has 0 aromatic heterocycles. The van der Waals surface area contributed by atoms with Gasteiger partial charge in [-0.3, -0.25) is 9.10 Å². The lowest BCUT2D eigenvalue weighted by Crippen LogP contribution is -2.26. The predicted octanol–water partition coefficient (Wildman–Crippen LogP) is 4.88. The summed E-state index contributed by atoms with van der Waals surface area (Å²) < 4.78 is 26.9. The molecule has 0 unspecified atom stereocenters. The smallest absolute Gasteiger partial charge is 0.264 e. The van der Waals surface area contributed by atoms with Crippen LogP contribution in [0.25, 0.3) is 0 Å². The summed E-state index contributed by atoms with van der Waals surface area (Å²) in [6.45, 7) is 2.05. The molecule has 0 aliphatic rings. The van der Waals surface area contributed by atoms with E-state index in [9.17, 15) is 13.2 Å². The molecule has 3 aromatic rings. The maximum atomic E-state index is 12.8. The van der Waals surface area contributed by atoms with Crippen molar-refractivity contribution in [1.29, 1.82) is 0 Å². The first-order chi connectivity index (χ1) is 13.9. The first-order valence-corrected chi connectivity index (χ1v) is 11.5. The van der Waals surface area contributed by atoms with Crippen molar-refractivity contribution in [3.63, 3.8) is 0 Å². The van der Waals surface area contributed by atoms with E-state index < -0.39 is 10.0 Å². The summed E-state index contributed by atoms with van der Waals surface area (Å²) in [5.41, 5.74) is 1.53.